The third kappa shape index (κ3) is 3.76. The molecule has 0 aliphatic heterocycles. The van der Waals surface area contributed by atoms with Crippen molar-refractivity contribution in [2.75, 3.05) is 14.2 Å². The summed E-state index contributed by atoms with van der Waals surface area (Å²) in [5.74, 6) is -0.834. The van der Waals surface area contributed by atoms with Crippen molar-refractivity contribution in [3.05, 3.63) is 23.3 Å². The van der Waals surface area contributed by atoms with E-state index in [1.54, 1.807) is 13.3 Å². The van der Waals surface area contributed by atoms with Gasteiger partial charge in [0.05, 0.1) is 19.1 Å². The molecule has 7 heteroatoms. The van der Waals surface area contributed by atoms with Crippen molar-refractivity contribution < 1.29 is 23.0 Å². The van der Waals surface area contributed by atoms with Gasteiger partial charge in [0.1, 0.15) is 5.75 Å². The number of nitrogens with zero attached hydrogens (tertiary/aromatic N) is 2. The third-order valence-electron chi connectivity index (χ3n) is 4.72. The van der Waals surface area contributed by atoms with Gasteiger partial charge in [0.25, 0.3) is 0 Å². The Labute approximate surface area is 146 Å². The van der Waals surface area contributed by atoms with Gasteiger partial charge in [-0.15, -0.1) is 0 Å². The van der Waals surface area contributed by atoms with Gasteiger partial charge in [0, 0.05) is 30.6 Å². The number of rotatable bonds is 6. The maximum absolute atomic E-state index is 13.6. The molecule has 1 aromatic rings. The number of halogens is 3. The molecule has 1 fully saturated rings. The van der Waals surface area contributed by atoms with E-state index in [2.05, 4.69) is 4.99 Å². The number of ether oxygens (including phenoxy) is 1. The second-order valence-electron chi connectivity index (χ2n) is 6.88. The number of alkyl halides is 3. The largest absolute Gasteiger partial charge is 0.496 e. The summed E-state index contributed by atoms with van der Waals surface area (Å²) < 4.78 is 46.1. The van der Waals surface area contributed by atoms with Crippen LogP contribution in [0.5, 0.6) is 5.75 Å². The van der Waals surface area contributed by atoms with Crippen LogP contribution in [0.1, 0.15) is 37.8 Å². The topological polar surface area (TPSA) is 45.1 Å². The number of aliphatic imine (C=N–C) groups is 1. The molecular weight excluding hydrogens is 333 g/mol. The van der Waals surface area contributed by atoms with E-state index in [9.17, 15) is 18.3 Å². The van der Waals surface area contributed by atoms with Crippen molar-refractivity contribution in [2.45, 2.75) is 51.4 Å². The molecule has 140 valence electrons. The lowest BCUT2D eigenvalue weighted by Crippen LogP contribution is -2.44. The van der Waals surface area contributed by atoms with Crippen molar-refractivity contribution in [3.63, 3.8) is 0 Å². The number of hydrogen-bond acceptors (Lipinski definition) is 3. The van der Waals surface area contributed by atoms with Crippen LogP contribution in [0.4, 0.5) is 18.9 Å². The molecule has 25 heavy (non-hydrogen) atoms. The molecule has 1 aliphatic rings. The minimum absolute atomic E-state index is 0.00308. The second kappa shape index (κ2) is 6.86. The van der Waals surface area contributed by atoms with Crippen LogP contribution in [0.25, 0.3) is 0 Å². The Morgan fingerprint density at radius 1 is 1.32 bits per heavy atom. The van der Waals surface area contributed by atoms with Crippen LogP contribution in [0.2, 0.25) is 0 Å². The molecule has 0 aromatic heterocycles. The smallest absolute Gasteiger partial charge is 0.421 e. The van der Waals surface area contributed by atoms with E-state index in [0.29, 0.717) is 24.1 Å². The Morgan fingerprint density at radius 2 is 1.92 bits per heavy atom. The number of aliphatic hydroxyl groups is 1. The zero-order valence-corrected chi connectivity index (χ0v) is 15.2. The van der Waals surface area contributed by atoms with Crippen molar-refractivity contribution >= 4 is 12.0 Å². The van der Waals surface area contributed by atoms with Gasteiger partial charge in [-0.2, -0.15) is 13.2 Å². The quantitative estimate of drug-likeness (QED) is 0.613. The lowest BCUT2D eigenvalue weighted by molar-refractivity contribution is -0.275. The normalized spacial score (nSPS) is 17.8. The predicted octanol–water partition coefficient (Wildman–Crippen LogP) is 4.16. The summed E-state index contributed by atoms with van der Waals surface area (Å²) in [7, 11) is 3.16. The fourth-order valence-electron chi connectivity index (χ4n) is 2.67. The van der Waals surface area contributed by atoms with E-state index >= 15 is 0 Å². The average Bonchev–Trinajstić information content (AvgIpc) is 3.36. The van der Waals surface area contributed by atoms with Crippen molar-refractivity contribution in [2.24, 2.45) is 10.9 Å². The molecule has 2 rings (SSSR count). The first kappa shape index (κ1) is 19.6. The molecule has 1 aliphatic carbocycles. The highest BCUT2D eigenvalue weighted by Gasteiger charge is 2.63. The Balaban J connectivity index is 2.49. The van der Waals surface area contributed by atoms with E-state index in [-0.39, 0.29) is 17.4 Å². The van der Waals surface area contributed by atoms with Gasteiger partial charge in [0.15, 0.2) is 5.60 Å². The first-order valence-corrected chi connectivity index (χ1v) is 8.26. The van der Waals surface area contributed by atoms with E-state index in [0.717, 1.165) is 0 Å². The summed E-state index contributed by atoms with van der Waals surface area (Å²) in [5.41, 5.74) is -2.07. The Kier molecular flexibility index (Phi) is 5.37. The van der Waals surface area contributed by atoms with E-state index < -0.39 is 17.7 Å². The molecule has 0 heterocycles. The molecule has 0 amide bonds. The summed E-state index contributed by atoms with van der Waals surface area (Å²) >= 11 is 0. The Hall–Kier alpha value is -1.76. The summed E-state index contributed by atoms with van der Waals surface area (Å²) in [6.45, 7) is 5.68. The maximum atomic E-state index is 13.6. The summed E-state index contributed by atoms with van der Waals surface area (Å²) in [5, 5.41) is 10.5. The molecule has 0 radical (unpaired) electrons. The fraction of sp³-hybridized carbons (Fsp3) is 0.611. The van der Waals surface area contributed by atoms with Gasteiger partial charge < -0.3 is 14.7 Å². The SMILES string of the molecule is COc1cc(N=CN(C)C(C)C)c(C)cc1C(O)(C1CC1)C(F)(F)F. The highest BCUT2D eigenvalue weighted by molar-refractivity contribution is 5.65. The van der Waals surface area contributed by atoms with Crippen LogP contribution in [0.15, 0.2) is 17.1 Å². The average molecular weight is 358 g/mol. The number of benzene rings is 1. The van der Waals surface area contributed by atoms with E-state index in [1.807, 2.05) is 25.8 Å². The monoisotopic (exact) mass is 358 g/mol. The number of methoxy groups -OCH3 is 1. The van der Waals surface area contributed by atoms with Gasteiger partial charge in [0.2, 0.25) is 0 Å². The zero-order valence-electron chi connectivity index (χ0n) is 15.2. The minimum atomic E-state index is -4.77. The number of aryl methyl sites for hydroxylation is 1. The lowest BCUT2D eigenvalue weighted by Gasteiger charge is -2.32. The third-order valence-corrected chi connectivity index (χ3v) is 4.72. The van der Waals surface area contributed by atoms with Crippen LogP contribution in [-0.4, -0.2) is 42.7 Å². The molecule has 0 saturated heterocycles. The highest BCUT2D eigenvalue weighted by atomic mass is 19.4. The lowest BCUT2D eigenvalue weighted by atomic mass is 9.86. The summed E-state index contributed by atoms with van der Waals surface area (Å²) in [4.78, 5) is 6.22. The van der Waals surface area contributed by atoms with Gasteiger partial charge in [-0.05, 0) is 45.2 Å². The first-order valence-electron chi connectivity index (χ1n) is 8.26. The predicted molar refractivity (Wildman–Crippen MR) is 91.5 cm³/mol. The van der Waals surface area contributed by atoms with Crippen LogP contribution < -0.4 is 4.74 Å². The van der Waals surface area contributed by atoms with Crippen LogP contribution in [0, 0.1) is 12.8 Å². The van der Waals surface area contributed by atoms with Crippen LogP contribution >= 0.6 is 0 Å². The molecule has 1 saturated carbocycles. The van der Waals surface area contributed by atoms with Crippen molar-refractivity contribution in [3.8, 4) is 5.75 Å². The van der Waals surface area contributed by atoms with Crippen LogP contribution in [-0.2, 0) is 5.60 Å². The highest BCUT2D eigenvalue weighted by Crippen LogP contribution is 2.56. The van der Waals surface area contributed by atoms with Gasteiger partial charge in [-0.1, -0.05) is 0 Å². The second-order valence-corrected chi connectivity index (χ2v) is 6.88. The van der Waals surface area contributed by atoms with Gasteiger partial charge in [-0.25, -0.2) is 4.99 Å². The molecular formula is C18H25F3N2O2. The summed E-state index contributed by atoms with van der Waals surface area (Å²) in [6.07, 6.45) is -2.45. The molecule has 1 N–H and O–H groups in total. The summed E-state index contributed by atoms with van der Waals surface area (Å²) in [6, 6.07) is 3.04. The Bertz CT molecular complexity index is 654. The Morgan fingerprint density at radius 3 is 2.36 bits per heavy atom. The minimum Gasteiger partial charge on any atom is -0.496 e. The molecule has 1 atom stereocenters. The molecule has 1 aromatic carbocycles. The maximum Gasteiger partial charge on any atom is 0.421 e. The van der Waals surface area contributed by atoms with E-state index in [4.69, 9.17) is 4.74 Å². The van der Waals surface area contributed by atoms with Crippen molar-refractivity contribution in [1.82, 2.24) is 4.90 Å². The van der Waals surface area contributed by atoms with Gasteiger partial charge in [-0.3, -0.25) is 0 Å². The van der Waals surface area contributed by atoms with Crippen molar-refractivity contribution in [1.29, 1.82) is 0 Å². The molecule has 1 unspecified atom stereocenters. The molecule has 4 nitrogen and oxygen atoms in total. The number of hydrogen-bond donors (Lipinski definition) is 1. The van der Waals surface area contributed by atoms with Gasteiger partial charge >= 0.3 is 6.18 Å². The van der Waals surface area contributed by atoms with Crippen LogP contribution in [0.3, 0.4) is 0 Å². The zero-order chi connectivity index (χ0) is 19.0. The molecule has 0 spiro atoms. The standard InChI is InChI=1S/C18H25F3N2O2/c1-11(2)23(4)10-22-15-9-16(25-5)14(8-12(15)3)17(24,13-6-7-13)18(19,20)21/h8-11,13,24H,6-7H2,1-5H3. The van der Waals surface area contributed by atoms with E-state index in [1.165, 1.54) is 19.2 Å². The fourth-order valence-corrected chi connectivity index (χ4v) is 2.67. The molecule has 0 bridgehead atoms. The first-order chi connectivity index (χ1) is 11.5.